The minimum atomic E-state index is -2.18. The highest BCUT2D eigenvalue weighted by Crippen LogP contribution is 2.39. The van der Waals surface area contributed by atoms with Crippen LogP contribution in [0.4, 0.5) is 0 Å². The van der Waals surface area contributed by atoms with Crippen LogP contribution in [-0.4, -0.2) is 177 Å². The number of ether oxygens (including phenoxy) is 15. The maximum absolute atomic E-state index is 15.1. The van der Waals surface area contributed by atoms with Gasteiger partial charge in [-0.25, -0.2) is 43.2 Å². The number of carbonyl (C=O) groups excluding carboxylic acids is 9. The minimum absolute atomic E-state index is 0.00161. The van der Waals surface area contributed by atoms with Crippen LogP contribution in [0, 0.1) is 0 Å². The molecule has 0 spiro atoms. The molecule has 3 saturated heterocycles. The van der Waals surface area contributed by atoms with E-state index >= 15 is 9.59 Å². The summed E-state index contributed by atoms with van der Waals surface area (Å²) in [4.78, 5) is 132. The molecule has 3 heterocycles. The van der Waals surface area contributed by atoms with E-state index in [4.69, 9.17) is 71.1 Å². The molecule has 0 unspecified atom stereocenters. The largest absolute Gasteiger partial charge is 0.459 e. The third kappa shape index (κ3) is 19.5. The van der Waals surface area contributed by atoms with Gasteiger partial charge >= 0.3 is 53.7 Å². The Balaban J connectivity index is 0.988. The lowest BCUT2D eigenvalue weighted by atomic mass is 9.95. The van der Waals surface area contributed by atoms with Gasteiger partial charge in [-0.1, -0.05) is 170 Å². The van der Waals surface area contributed by atoms with Crippen LogP contribution < -0.4 is 0 Å². The Kier molecular flexibility index (Phi) is 26.1. The molecule has 109 heavy (non-hydrogen) atoms. The van der Waals surface area contributed by atoms with E-state index in [0.29, 0.717) is 0 Å². The van der Waals surface area contributed by atoms with Gasteiger partial charge < -0.3 is 76.2 Å². The summed E-state index contributed by atoms with van der Waals surface area (Å²) in [5, 5.41) is 11.3. The van der Waals surface area contributed by atoms with E-state index in [1.165, 1.54) is 115 Å². The minimum Gasteiger partial charge on any atom is -0.459 e. The lowest BCUT2D eigenvalue weighted by Crippen LogP contribution is -2.67. The van der Waals surface area contributed by atoms with Crippen molar-refractivity contribution < 1.29 is 119 Å². The summed E-state index contributed by atoms with van der Waals surface area (Å²) < 4.78 is 97.1. The molecule has 12 rings (SSSR count). The predicted octanol–water partition coefficient (Wildman–Crippen LogP) is 10.4. The van der Waals surface area contributed by atoms with Crippen molar-refractivity contribution in [1.82, 2.24) is 0 Å². The van der Waals surface area contributed by atoms with Crippen LogP contribution in [0.5, 0.6) is 0 Å². The molecule has 25 heteroatoms. The second-order valence-corrected chi connectivity index (χ2v) is 24.7. The fourth-order valence-electron chi connectivity index (χ4n) is 12.1. The summed E-state index contributed by atoms with van der Waals surface area (Å²) in [6.45, 7) is 0.782. The maximum atomic E-state index is 15.1. The zero-order chi connectivity index (χ0) is 76.0. The van der Waals surface area contributed by atoms with Gasteiger partial charge in [0.1, 0.15) is 24.9 Å². The first-order valence-electron chi connectivity index (χ1n) is 34.6. The van der Waals surface area contributed by atoms with Gasteiger partial charge in [0.2, 0.25) is 0 Å². The Labute approximate surface area is 624 Å². The summed E-state index contributed by atoms with van der Waals surface area (Å²) >= 11 is 0. The van der Waals surface area contributed by atoms with E-state index in [0.717, 1.165) is 0 Å². The van der Waals surface area contributed by atoms with E-state index in [1.54, 1.807) is 164 Å². The first kappa shape index (κ1) is 76.3. The predicted molar refractivity (Wildman–Crippen MR) is 382 cm³/mol. The normalized spacial score (nSPS) is 23.5. The van der Waals surface area contributed by atoms with Gasteiger partial charge in [-0.15, -0.1) is 6.58 Å². The second-order valence-electron chi connectivity index (χ2n) is 24.7. The zero-order valence-corrected chi connectivity index (χ0v) is 58.0. The number of carbonyl (C=O) groups is 9. The van der Waals surface area contributed by atoms with E-state index in [2.05, 4.69) is 6.58 Å². The molecule has 0 bridgehead atoms. The van der Waals surface area contributed by atoms with Crippen LogP contribution >= 0.6 is 0 Å². The first-order chi connectivity index (χ1) is 53.2. The highest BCUT2D eigenvalue weighted by molar-refractivity contribution is 5.94. The van der Waals surface area contributed by atoms with Crippen molar-refractivity contribution in [2.24, 2.45) is 0 Å². The van der Waals surface area contributed by atoms with Gasteiger partial charge in [0.15, 0.2) is 73.8 Å². The average Bonchev–Trinajstić information content (AvgIpc) is 0.762. The van der Waals surface area contributed by atoms with Gasteiger partial charge in [0, 0.05) is 0 Å². The van der Waals surface area contributed by atoms with Gasteiger partial charge in [-0.3, -0.25) is 0 Å². The molecule has 3 fully saturated rings. The highest BCUT2D eigenvalue weighted by atomic mass is 16.8. The molecule has 3 aliphatic rings. The maximum Gasteiger partial charge on any atom is 0.338 e. The second kappa shape index (κ2) is 37.3. The third-order valence-corrected chi connectivity index (χ3v) is 17.5. The summed E-state index contributed by atoms with van der Waals surface area (Å²) in [7, 11) is 0. The van der Waals surface area contributed by atoms with Crippen molar-refractivity contribution >= 4 is 53.7 Å². The van der Waals surface area contributed by atoms with Gasteiger partial charge in [-0.2, -0.15) is 0 Å². The molecule has 0 saturated carbocycles. The fraction of sp³-hybridized carbons (Fsp3) is 0.226. The monoisotopic (exact) mass is 1480 g/mol. The molecule has 9 aromatic carbocycles. The number of rotatable bonds is 28. The van der Waals surface area contributed by atoms with Crippen LogP contribution in [0.15, 0.2) is 286 Å². The topological polar surface area (TPSA) is 312 Å². The molecular weight excluding hydrogens is 1410 g/mol. The lowest BCUT2D eigenvalue weighted by molar-refractivity contribution is -0.368. The van der Waals surface area contributed by atoms with Crippen LogP contribution in [0.1, 0.15) is 93.2 Å². The van der Waals surface area contributed by atoms with Crippen molar-refractivity contribution in [1.29, 1.82) is 0 Å². The molecule has 558 valence electrons. The van der Waals surface area contributed by atoms with E-state index in [9.17, 15) is 38.7 Å². The summed E-state index contributed by atoms with van der Waals surface area (Å²) in [6.07, 6.45) is -27.6. The smallest absolute Gasteiger partial charge is 0.338 e. The number of aliphatic hydroxyl groups excluding tert-OH is 1. The quantitative estimate of drug-likeness (QED) is 0.0270. The van der Waals surface area contributed by atoms with Gasteiger partial charge in [-0.05, 0) is 109 Å². The van der Waals surface area contributed by atoms with Crippen molar-refractivity contribution in [3.63, 3.8) is 0 Å². The van der Waals surface area contributed by atoms with Crippen molar-refractivity contribution in [3.8, 4) is 0 Å². The fourth-order valence-corrected chi connectivity index (χ4v) is 12.1. The Morgan fingerprint density at radius 1 is 0.275 bits per heavy atom. The molecule has 3 aliphatic heterocycles. The zero-order valence-electron chi connectivity index (χ0n) is 58.0. The molecule has 25 nitrogen and oxygen atoms in total. The van der Waals surface area contributed by atoms with E-state index in [1.807, 2.05) is 0 Å². The van der Waals surface area contributed by atoms with Gasteiger partial charge in [0.05, 0.1) is 69.9 Å². The molecule has 9 aromatic rings. The highest BCUT2D eigenvalue weighted by Gasteiger charge is 2.60. The number of hydrogen-bond acceptors (Lipinski definition) is 25. The summed E-state index contributed by atoms with van der Waals surface area (Å²) in [5.41, 5.74) is -0.112. The Morgan fingerprint density at radius 3 is 0.807 bits per heavy atom. The Hall–Kier alpha value is -12.3. The molecule has 0 amide bonds. The van der Waals surface area contributed by atoms with E-state index in [-0.39, 0.29) is 50.1 Å². The van der Waals surface area contributed by atoms with Crippen molar-refractivity contribution in [2.75, 3.05) is 26.4 Å². The van der Waals surface area contributed by atoms with Crippen molar-refractivity contribution in [3.05, 3.63) is 336 Å². The number of benzene rings is 9. The summed E-state index contributed by atoms with van der Waals surface area (Å²) in [6, 6.07) is 68.7. The molecule has 1 N–H and O–H groups in total. The molecule has 15 atom stereocenters. The van der Waals surface area contributed by atoms with Crippen LogP contribution in [-0.2, 0) is 71.1 Å². The standard InChI is InChI=1S/C84H72O25/c1-2-48-95-82-71(109-84-72(108-81(94)60-46-28-11-29-47-60)69(106-79(92)58-42-24-9-25-43-58)65(102-75(88)54-34-16-5-17-35-54)62(100-84)50-96-73(86)52-30-12-3-13-31-52)68(105-78(91)57-40-22-8-23-41-57)66(103-76(89)55-36-18-6-19-37-55)63(99-82)51-97-83-70(107-80(93)59-44-26-10-27-45-59)67(104-77(90)56-38-20-7-21-39-56)64(61(49-85)98-83)101-74(87)53-32-14-4-15-33-53/h2-47,61-72,82-85H,1,48-51H2/t61-,62-,63-,64-,65-,66-,67+,68+,69+,70+,71+,72+,82+,83+,84-/m1/s1. The molecule has 0 aromatic heterocycles. The SMILES string of the molecule is C=CCO[C@H]1O[C@H](CO[C@H]2O[C@H](CO)[C@@H](OC(=O)c3ccccc3)[C@H](OC(=O)c3ccccc3)[C@@H]2OC(=O)c2ccccc2)[C@@H](OC(=O)c2ccccc2)[C@H](OC(=O)c2ccccc2)[C@@H]1O[C@H]1O[C@H](COC(=O)c2ccccc2)[C@@H](OC(=O)c2ccccc2)[C@H](OC(=O)c2ccccc2)[C@@H]1OC(=O)c1ccccc1. The number of aliphatic hydroxyl groups is 1. The lowest BCUT2D eigenvalue weighted by Gasteiger charge is -2.49. The van der Waals surface area contributed by atoms with Crippen LogP contribution in [0.3, 0.4) is 0 Å². The third-order valence-electron chi connectivity index (χ3n) is 17.5. The molecular formula is C84H72O25. The van der Waals surface area contributed by atoms with Gasteiger partial charge in [0.25, 0.3) is 0 Å². The Morgan fingerprint density at radius 2 is 0.505 bits per heavy atom. The number of esters is 9. The summed E-state index contributed by atoms with van der Waals surface area (Å²) in [5.74, 6) is -9.18. The average molecular weight is 1480 g/mol. The Bertz CT molecular complexity index is 4530. The molecule has 0 radical (unpaired) electrons. The van der Waals surface area contributed by atoms with Crippen LogP contribution in [0.25, 0.3) is 0 Å². The van der Waals surface area contributed by atoms with E-state index < -0.39 is 172 Å². The van der Waals surface area contributed by atoms with Crippen LogP contribution in [0.2, 0.25) is 0 Å². The van der Waals surface area contributed by atoms with Crippen molar-refractivity contribution in [2.45, 2.75) is 92.1 Å². The molecule has 0 aliphatic carbocycles. The number of hydrogen-bond donors (Lipinski definition) is 1. The first-order valence-corrected chi connectivity index (χ1v) is 34.6.